The van der Waals surface area contributed by atoms with Crippen molar-refractivity contribution in [3.8, 4) is 0 Å². The zero-order valence-corrected chi connectivity index (χ0v) is 21.0. The fourth-order valence-electron chi connectivity index (χ4n) is 4.11. The first-order chi connectivity index (χ1) is 16.4. The van der Waals surface area contributed by atoms with Crippen LogP contribution in [-0.4, -0.2) is 81.7 Å². The molecule has 0 spiro atoms. The molecule has 10 heteroatoms. The minimum absolute atomic E-state index is 0.0220. The number of hydrogen-bond acceptors (Lipinski definition) is 5. The van der Waals surface area contributed by atoms with Crippen LogP contribution >= 0.6 is 11.6 Å². The fraction of sp³-hybridized carbons (Fsp3) is 0.667. The lowest BCUT2D eigenvalue weighted by Crippen LogP contribution is -2.48. The summed E-state index contributed by atoms with van der Waals surface area (Å²) in [4.78, 5) is 25.2. The quantitative estimate of drug-likeness (QED) is 0.310. The van der Waals surface area contributed by atoms with E-state index in [0.717, 1.165) is 44.5 Å². The first kappa shape index (κ1) is 28.2. The first-order valence-corrected chi connectivity index (χ1v) is 12.3. The summed E-state index contributed by atoms with van der Waals surface area (Å²) < 4.78 is 11.6. The molecule has 1 fully saturated rings. The highest BCUT2D eigenvalue weighted by Gasteiger charge is 2.22. The van der Waals surface area contributed by atoms with Gasteiger partial charge in [0.15, 0.2) is 0 Å². The van der Waals surface area contributed by atoms with Crippen molar-refractivity contribution < 1.29 is 24.2 Å². The van der Waals surface area contributed by atoms with E-state index in [4.69, 9.17) is 26.2 Å². The van der Waals surface area contributed by atoms with Gasteiger partial charge in [0.05, 0.1) is 12.7 Å². The Morgan fingerprint density at radius 1 is 1.35 bits per heavy atom. The number of ether oxygens (including phenoxy) is 2. The zero-order valence-electron chi connectivity index (χ0n) is 20.2. The Morgan fingerprint density at radius 3 is 2.91 bits per heavy atom. The fourth-order valence-corrected chi connectivity index (χ4v) is 4.31. The number of halogens is 1. The molecular weight excluding hydrogens is 460 g/mol. The molecule has 4 N–H and O–H groups in total. The van der Waals surface area contributed by atoms with E-state index in [2.05, 4.69) is 16.0 Å². The van der Waals surface area contributed by atoms with Gasteiger partial charge in [-0.25, -0.2) is 9.59 Å². The Kier molecular flexibility index (Phi) is 13.1. The summed E-state index contributed by atoms with van der Waals surface area (Å²) in [5.41, 5.74) is 0.887. The van der Waals surface area contributed by atoms with Crippen LogP contribution in [-0.2, 0) is 9.47 Å². The van der Waals surface area contributed by atoms with E-state index in [0.29, 0.717) is 30.5 Å². The third kappa shape index (κ3) is 10.9. The summed E-state index contributed by atoms with van der Waals surface area (Å²) in [6.45, 7) is 3.13. The van der Waals surface area contributed by atoms with Crippen LogP contribution in [0.1, 0.15) is 43.8 Å². The molecule has 1 aromatic rings. The summed E-state index contributed by atoms with van der Waals surface area (Å²) in [6, 6.07) is 7.27. The predicted molar refractivity (Wildman–Crippen MR) is 132 cm³/mol. The smallest absolute Gasteiger partial charge is 0.404 e. The van der Waals surface area contributed by atoms with Gasteiger partial charge in [0.25, 0.3) is 0 Å². The van der Waals surface area contributed by atoms with Crippen LogP contribution in [0.15, 0.2) is 24.3 Å². The minimum atomic E-state index is -1.09. The van der Waals surface area contributed by atoms with Crippen LogP contribution in [0, 0.1) is 5.92 Å². The van der Waals surface area contributed by atoms with Crippen LogP contribution in [0.2, 0.25) is 5.02 Å². The molecule has 0 radical (unpaired) electrons. The van der Waals surface area contributed by atoms with Gasteiger partial charge in [-0.3, -0.25) is 0 Å². The van der Waals surface area contributed by atoms with E-state index >= 15 is 0 Å². The number of nitrogens with zero attached hydrogens (tertiary/aromatic N) is 1. The number of benzene rings is 1. The molecule has 1 aliphatic rings. The second-order valence-electron chi connectivity index (χ2n) is 8.73. The Labute approximate surface area is 207 Å². The van der Waals surface area contributed by atoms with Crippen LogP contribution in [0.3, 0.4) is 0 Å². The molecule has 2 rings (SSSR count). The monoisotopic (exact) mass is 498 g/mol. The van der Waals surface area contributed by atoms with Crippen molar-refractivity contribution in [2.75, 3.05) is 53.6 Å². The summed E-state index contributed by atoms with van der Waals surface area (Å²) >= 11 is 6.15. The van der Waals surface area contributed by atoms with Crippen molar-refractivity contribution in [1.29, 1.82) is 0 Å². The molecule has 1 aliphatic heterocycles. The normalized spacial score (nSPS) is 17.9. The lowest BCUT2D eigenvalue weighted by molar-refractivity contribution is 0.0442. The molecule has 34 heavy (non-hydrogen) atoms. The molecule has 3 amide bonds. The number of carboxylic acid groups (broad SMARTS) is 1. The maximum absolute atomic E-state index is 12.9. The SMILES string of the molecule is CNC[C@H](C[C@H]1CCCCOC1)NC(=O)N(C)CC[C@@H](OCCNC(=O)O)c1cccc(Cl)c1. The molecule has 0 aromatic heterocycles. The highest BCUT2D eigenvalue weighted by atomic mass is 35.5. The van der Waals surface area contributed by atoms with Gasteiger partial charge in [-0.2, -0.15) is 0 Å². The van der Waals surface area contributed by atoms with Crippen LogP contribution in [0.25, 0.3) is 0 Å². The largest absolute Gasteiger partial charge is 0.465 e. The third-order valence-electron chi connectivity index (χ3n) is 5.89. The standard InChI is InChI=1S/C24H39ClN4O5/c1-26-16-21(14-18-6-3-4-12-33-17-18)28-23(30)29(2)11-9-22(34-13-10-27-24(31)32)19-7-5-8-20(25)15-19/h5,7-8,15,18,21-22,26-27H,3-4,6,9-14,16-17H2,1-2H3,(H,28,30)(H,31,32)/t18-,21+,22-/m1/s1. The highest BCUT2D eigenvalue weighted by Crippen LogP contribution is 2.24. The lowest BCUT2D eigenvalue weighted by atomic mass is 9.95. The number of likely N-dealkylation sites (N-methyl/N-ethyl adjacent to an activating group) is 1. The molecule has 1 heterocycles. The van der Waals surface area contributed by atoms with Gasteiger partial charge in [-0.15, -0.1) is 0 Å². The van der Waals surface area contributed by atoms with E-state index in [1.165, 1.54) is 0 Å². The van der Waals surface area contributed by atoms with E-state index in [9.17, 15) is 9.59 Å². The number of carbonyl (C=O) groups excluding carboxylic acids is 1. The number of nitrogens with one attached hydrogen (secondary N) is 3. The topological polar surface area (TPSA) is 112 Å². The van der Waals surface area contributed by atoms with Gasteiger partial charge in [0, 0.05) is 51.0 Å². The summed E-state index contributed by atoms with van der Waals surface area (Å²) in [7, 11) is 3.65. The van der Waals surface area contributed by atoms with Crippen molar-refractivity contribution >= 4 is 23.7 Å². The summed E-state index contributed by atoms with van der Waals surface area (Å²) in [5.74, 6) is 0.450. The van der Waals surface area contributed by atoms with E-state index in [1.807, 2.05) is 25.2 Å². The number of amides is 3. The Hall–Kier alpha value is -2.07. The highest BCUT2D eigenvalue weighted by molar-refractivity contribution is 6.30. The lowest BCUT2D eigenvalue weighted by Gasteiger charge is -2.27. The predicted octanol–water partition coefficient (Wildman–Crippen LogP) is 3.49. The van der Waals surface area contributed by atoms with Gasteiger partial charge in [0.2, 0.25) is 0 Å². The average Bonchev–Trinajstić information content (AvgIpc) is 3.07. The average molecular weight is 499 g/mol. The third-order valence-corrected chi connectivity index (χ3v) is 6.13. The second-order valence-corrected chi connectivity index (χ2v) is 9.17. The number of carbonyl (C=O) groups is 2. The molecule has 9 nitrogen and oxygen atoms in total. The molecule has 0 saturated carbocycles. The van der Waals surface area contributed by atoms with Crippen LogP contribution in [0.4, 0.5) is 9.59 Å². The molecule has 0 aliphatic carbocycles. The Balaban J connectivity index is 1.90. The van der Waals surface area contributed by atoms with E-state index < -0.39 is 6.09 Å². The van der Waals surface area contributed by atoms with Gasteiger partial charge < -0.3 is 35.4 Å². The summed E-state index contributed by atoms with van der Waals surface area (Å²) in [5, 5.41) is 18.0. The first-order valence-electron chi connectivity index (χ1n) is 12.0. The Bertz CT molecular complexity index is 746. The van der Waals surface area contributed by atoms with Gasteiger partial charge >= 0.3 is 12.1 Å². The minimum Gasteiger partial charge on any atom is -0.465 e. The molecular formula is C24H39ClN4O5. The van der Waals surface area contributed by atoms with Gasteiger partial charge in [-0.05, 0) is 56.3 Å². The van der Waals surface area contributed by atoms with Crippen molar-refractivity contribution in [2.24, 2.45) is 5.92 Å². The van der Waals surface area contributed by atoms with E-state index in [1.54, 1.807) is 18.0 Å². The maximum atomic E-state index is 12.9. The number of hydrogen-bond donors (Lipinski definition) is 4. The van der Waals surface area contributed by atoms with Crippen molar-refractivity contribution in [1.82, 2.24) is 20.9 Å². The molecule has 1 saturated heterocycles. The van der Waals surface area contributed by atoms with Crippen molar-refractivity contribution in [3.63, 3.8) is 0 Å². The second kappa shape index (κ2) is 15.8. The van der Waals surface area contributed by atoms with Crippen molar-refractivity contribution in [2.45, 2.75) is 44.2 Å². The zero-order chi connectivity index (χ0) is 24.8. The molecule has 3 atom stereocenters. The molecule has 0 unspecified atom stereocenters. The van der Waals surface area contributed by atoms with Gasteiger partial charge in [0.1, 0.15) is 0 Å². The molecule has 0 bridgehead atoms. The molecule has 1 aromatic carbocycles. The van der Waals surface area contributed by atoms with Crippen LogP contribution < -0.4 is 16.0 Å². The molecule has 192 valence electrons. The number of rotatable bonds is 13. The van der Waals surface area contributed by atoms with Gasteiger partial charge in [-0.1, -0.05) is 30.2 Å². The number of urea groups is 1. The maximum Gasteiger partial charge on any atom is 0.404 e. The Morgan fingerprint density at radius 2 is 2.18 bits per heavy atom. The summed E-state index contributed by atoms with van der Waals surface area (Å²) in [6.07, 6.45) is 3.41. The van der Waals surface area contributed by atoms with Crippen molar-refractivity contribution in [3.05, 3.63) is 34.9 Å². The van der Waals surface area contributed by atoms with E-state index in [-0.39, 0.29) is 31.3 Å². The van der Waals surface area contributed by atoms with Crippen LogP contribution in [0.5, 0.6) is 0 Å².